The highest BCUT2D eigenvalue weighted by Crippen LogP contribution is 2.15. The van der Waals surface area contributed by atoms with E-state index in [1.54, 1.807) is 10.8 Å². The summed E-state index contributed by atoms with van der Waals surface area (Å²) < 4.78 is 1.63. The van der Waals surface area contributed by atoms with E-state index in [1.807, 2.05) is 20.8 Å². The van der Waals surface area contributed by atoms with Gasteiger partial charge in [-0.25, -0.2) is 14.8 Å². The molecule has 0 fully saturated rings. The standard InChI is InChI=1S/C9H12N4O/c1-9(2,3)13-7-6(12-8(13)14)4-10-5-11-7/h4-5H,1-3H3,(H,12,14). The summed E-state index contributed by atoms with van der Waals surface area (Å²) in [7, 11) is 0. The first-order valence-electron chi connectivity index (χ1n) is 4.41. The highest BCUT2D eigenvalue weighted by atomic mass is 16.1. The highest BCUT2D eigenvalue weighted by Gasteiger charge is 2.19. The number of fused-ring (bicyclic) bond motifs is 1. The molecule has 0 aliphatic carbocycles. The quantitative estimate of drug-likeness (QED) is 0.673. The molecule has 74 valence electrons. The van der Waals surface area contributed by atoms with E-state index in [2.05, 4.69) is 15.0 Å². The van der Waals surface area contributed by atoms with Gasteiger partial charge >= 0.3 is 5.69 Å². The second-order valence-electron chi connectivity index (χ2n) is 4.20. The van der Waals surface area contributed by atoms with Crippen molar-refractivity contribution in [3.05, 3.63) is 23.0 Å². The number of hydrogen-bond acceptors (Lipinski definition) is 3. The first kappa shape index (κ1) is 8.93. The van der Waals surface area contributed by atoms with Crippen molar-refractivity contribution >= 4 is 11.2 Å². The van der Waals surface area contributed by atoms with Crippen molar-refractivity contribution in [3.63, 3.8) is 0 Å². The fourth-order valence-electron chi connectivity index (χ4n) is 1.48. The molecule has 2 aromatic rings. The molecule has 0 bridgehead atoms. The maximum absolute atomic E-state index is 11.6. The molecule has 0 atom stereocenters. The zero-order valence-corrected chi connectivity index (χ0v) is 8.40. The number of nitrogens with zero attached hydrogens (tertiary/aromatic N) is 3. The number of nitrogens with one attached hydrogen (secondary N) is 1. The lowest BCUT2D eigenvalue weighted by Crippen LogP contribution is -2.32. The summed E-state index contributed by atoms with van der Waals surface area (Å²) in [6.07, 6.45) is 3.05. The van der Waals surface area contributed by atoms with Crippen molar-refractivity contribution < 1.29 is 0 Å². The van der Waals surface area contributed by atoms with Crippen LogP contribution in [0.15, 0.2) is 17.3 Å². The molecule has 0 aliphatic rings. The Hall–Kier alpha value is -1.65. The Kier molecular flexibility index (Phi) is 1.70. The van der Waals surface area contributed by atoms with E-state index in [0.29, 0.717) is 11.2 Å². The Labute approximate surface area is 80.8 Å². The van der Waals surface area contributed by atoms with Gasteiger partial charge in [-0.05, 0) is 20.8 Å². The topological polar surface area (TPSA) is 63.6 Å². The fourth-order valence-corrected chi connectivity index (χ4v) is 1.48. The fraction of sp³-hybridized carbons (Fsp3) is 0.444. The van der Waals surface area contributed by atoms with Gasteiger partial charge in [0.15, 0.2) is 5.65 Å². The maximum Gasteiger partial charge on any atom is 0.328 e. The molecular weight excluding hydrogens is 180 g/mol. The van der Waals surface area contributed by atoms with Gasteiger partial charge in [0.05, 0.1) is 6.20 Å². The van der Waals surface area contributed by atoms with Gasteiger partial charge in [0, 0.05) is 5.54 Å². The average Bonchev–Trinajstić information content (AvgIpc) is 2.38. The van der Waals surface area contributed by atoms with Crippen LogP contribution < -0.4 is 5.69 Å². The largest absolute Gasteiger partial charge is 0.328 e. The molecule has 2 heterocycles. The number of aromatic nitrogens is 4. The number of hydrogen-bond donors (Lipinski definition) is 1. The Morgan fingerprint density at radius 2 is 2.14 bits per heavy atom. The summed E-state index contributed by atoms with van der Waals surface area (Å²) in [5, 5.41) is 0. The smallest absolute Gasteiger partial charge is 0.303 e. The van der Waals surface area contributed by atoms with E-state index in [0.717, 1.165) is 0 Å². The lowest BCUT2D eigenvalue weighted by Gasteiger charge is -2.19. The minimum absolute atomic E-state index is 0.145. The van der Waals surface area contributed by atoms with E-state index < -0.39 is 0 Å². The lowest BCUT2D eigenvalue weighted by atomic mass is 10.1. The van der Waals surface area contributed by atoms with Gasteiger partial charge in [-0.2, -0.15) is 0 Å². The SMILES string of the molecule is CC(C)(C)n1c(=O)[nH]c2cncnc21. The molecule has 5 heteroatoms. The first-order valence-corrected chi connectivity index (χ1v) is 4.41. The van der Waals surface area contributed by atoms with Gasteiger partial charge in [0.1, 0.15) is 11.8 Å². The van der Waals surface area contributed by atoms with Gasteiger partial charge in [-0.3, -0.25) is 4.57 Å². The van der Waals surface area contributed by atoms with Crippen LogP contribution in [0.5, 0.6) is 0 Å². The summed E-state index contributed by atoms with van der Waals surface area (Å²) >= 11 is 0. The monoisotopic (exact) mass is 192 g/mol. The molecule has 0 radical (unpaired) electrons. The van der Waals surface area contributed by atoms with Crippen LogP contribution in [-0.4, -0.2) is 19.5 Å². The Morgan fingerprint density at radius 3 is 2.79 bits per heavy atom. The third-order valence-corrected chi connectivity index (χ3v) is 2.02. The van der Waals surface area contributed by atoms with Gasteiger partial charge in [0.2, 0.25) is 0 Å². The van der Waals surface area contributed by atoms with Gasteiger partial charge in [-0.1, -0.05) is 0 Å². The summed E-state index contributed by atoms with van der Waals surface area (Å²) in [6.45, 7) is 5.89. The third-order valence-electron chi connectivity index (χ3n) is 2.02. The lowest BCUT2D eigenvalue weighted by molar-refractivity contribution is 0.395. The van der Waals surface area contributed by atoms with E-state index in [4.69, 9.17) is 0 Å². The zero-order valence-electron chi connectivity index (χ0n) is 8.40. The molecule has 1 N–H and O–H groups in total. The van der Waals surface area contributed by atoms with Crippen LogP contribution >= 0.6 is 0 Å². The van der Waals surface area contributed by atoms with Crippen LogP contribution in [0, 0.1) is 0 Å². The summed E-state index contributed by atoms with van der Waals surface area (Å²) in [4.78, 5) is 22.3. The molecule has 0 saturated carbocycles. The molecule has 0 aromatic carbocycles. The van der Waals surface area contributed by atoms with Crippen molar-refractivity contribution in [3.8, 4) is 0 Å². The van der Waals surface area contributed by atoms with E-state index in [-0.39, 0.29) is 11.2 Å². The predicted octanol–water partition coefficient (Wildman–Crippen LogP) is 0.875. The molecular formula is C9H12N4O. The van der Waals surface area contributed by atoms with Crippen molar-refractivity contribution in [1.29, 1.82) is 0 Å². The first-order chi connectivity index (χ1) is 6.50. The average molecular weight is 192 g/mol. The van der Waals surface area contributed by atoms with Crippen LogP contribution in [-0.2, 0) is 5.54 Å². The van der Waals surface area contributed by atoms with Crippen LogP contribution in [0.1, 0.15) is 20.8 Å². The molecule has 0 saturated heterocycles. The van der Waals surface area contributed by atoms with Gasteiger partial charge < -0.3 is 4.98 Å². The molecule has 0 unspecified atom stereocenters. The number of aromatic amines is 1. The molecule has 0 spiro atoms. The molecule has 0 aliphatic heterocycles. The van der Waals surface area contributed by atoms with Crippen LogP contribution in [0.25, 0.3) is 11.2 Å². The summed E-state index contributed by atoms with van der Waals surface area (Å²) in [5.74, 6) is 0. The van der Waals surface area contributed by atoms with Crippen molar-refractivity contribution in [2.75, 3.05) is 0 Å². The second kappa shape index (κ2) is 2.67. The normalized spacial score (nSPS) is 12.2. The van der Waals surface area contributed by atoms with Crippen LogP contribution in [0.3, 0.4) is 0 Å². The Morgan fingerprint density at radius 1 is 1.43 bits per heavy atom. The van der Waals surface area contributed by atoms with E-state index >= 15 is 0 Å². The van der Waals surface area contributed by atoms with Crippen molar-refractivity contribution in [2.45, 2.75) is 26.3 Å². The summed E-state index contributed by atoms with van der Waals surface area (Å²) in [6, 6.07) is 0. The molecule has 2 rings (SSSR count). The highest BCUT2D eigenvalue weighted by molar-refractivity contribution is 5.69. The van der Waals surface area contributed by atoms with E-state index in [1.165, 1.54) is 6.33 Å². The Bertz CT molecular complexity index is 517. The number of H-pyrrole nitrogens is 1. The third kappa shape index (κ3) is 1.21. The molecule has 0 amide bonds. The van der Waals surface area contributed by atoms with E-state index in [9.17, 15) is 4.79 Å². The van der Waals surface area contributed by atoms with Gasteiger partial charge in [-0.15, -0.1) is 0 Å². The summed E-state index contributed by atoms with van der Waals surface area (Å²) in [5.41, 5.74) is 0.905. The molecule has 5 nitrogen and oxygen atoms in total. The van der Waals surface area contributed by atoms with Crippen molar-refractivity contribution in [2.24, 2.45) is 0 Å². The minimum Gasteiger partial charge on any atom is -0.303 e. The van der Waals surface area contributed by atoms with Crippen LogP contribution in [0.4, 0.5) is 0 Å². The van der Waals surface area contributed by atoms with Gasteiger partial charge in [0.25, 0.3) is 0 Å². The van der Waals surface area contributed by atoms with Crippen molar-refractivity contribution in [1.82, 2.24) is 19.5 Å². The number of imidazole rings is 1. The zero-order chi connectivity index (χ0) is 10.3. The predicted molar refractivity (Wildman–Crippen MR) is 53.1 cm³/mol. The number of rotatable bonds is 0. The Balaban J connectivity index is 2.88. The maximum atomic E-state index is 11.6. The molecule has 2 aromatic heterocycles. The second-order valence-corrected chi connectivity index (χ2v) is 4.20. The van der Waals surface area contributed by atoms with Crippen LogP contribution in [0.2, 0.25) is 0 Å². The molecule has 14 heavy (non-hydrogen) atoms. The minimum atomic E-state index is -0.274.